The number of furan rings is 1. The van der Waals surface area contributed by atoms with E-state index in [0.29, 0.717) is 29.2 Å². The second-order valence-corrected chi connectivity index (χ2v) is 6.30. The largest absolute Gasteiger partial charge is 0.508 e. The molecule has 134 valence electrons. The lowest BCUT2D eigenvalue weighted by Gasteiger charge is -2.11. The number of phenolic OH excluding ortho intramolecular Hbond substituents is 1. The molecule has 0 unspecified atom stereocenters. The van der Waals surface area contributed by atoms with Gasteiger partial charge in [-0.2, -0.15) is 0 Å². The molecule has 0 aliphatic carbocycles. The Labute approximate surface area is 152 Å². The van der Waals surface area contributed by atoms with E-state index in [1.807, 2.05) is 0 Å². The third kappa shape index (κ3) is 5.80. The highest BCUT2D eigenvalue weighted by molar-refractivity contribution is 6.31. The Morgan fingerprint density at radius 2 is 2.08 bits per heavy atom. The van der Waals surface area contributed by atoms with Crippen LogP contribution in [0.2, 0.25) is 5.02 Å². The number of halogens is 1. The summed E-state index contributed by atoms with van der Waals surface area (Å²) in [7, 11) is 0. The van der Waals surface area contributed by atoms with Crippen molar-refractivity contribution in [3.05, 3.63) is 70.3 Å². The van der Waals surface area contributed by atoms with Gasteiger partial charge in [-0.15, -0.1) is 5.73 Å². The molecule has 0 bridgehead atoms. The van der Waals surface area contributed by atoms with Crippen molar-refractivity contribution in [1.82, 2.24) is 0 Å². The Morgan fingerprint density at radius 1 is 1.28 bits per heavy atom. The monoisotopic (exact) mass is 362 g/mol. The molecule has 5 heteroatoms. The van der Waals surface area contributed by atoms with E-state index in [9.17, 15) is 15.3 Å². The van der Waals surface area contributed by atoms with Crippen molar-refractivity contribution in [2.24, 2.45) is 0 Å². The quantitative estimate of drug-likeness (QED) is 0.573. The average Bonchev–Trinajstić information content (AvgIpc) is 3.09. The van der Waals surface area contributed by atoms with E-state index >= 15 is 0 Å². The molecule has 1 heterocycles. The van der Waals surface area contributed by atoms with Gasteiger partial charge in [-0.25, -0.2) is 0 Å². The average molecular weight is 363 g/mol. The van der Waals surface area contributed by atoms with Gasteiger partial charge in [0, 0.05) is 12.8 Å². The summed E-state index contributed by atoms with van der Waals surface area (Å²) < 4.78 is 5.22. The molecule has 2 aromatic rings. The van der Waals surface area contributed by atoms with Gasteiger partial charge in [-0.3, -0.25) is 0 Å². The molecule has 2 atom stereocenters. The lowest BCUT2D eigenvalue weighted by molar-refractivity contribution is 0.149. The molecule has 25 heavy (non-hydrogen) atoms. The number of benzene rings is 1. The zero-order valence-corrected chi connectivity index (χ0v) is 14.9. The van der Waals surface area contributed by atoms with Crippen molar-refractivity contribution in [1.29, 1.82) is 0 Å². The van der Waals surface area contributed by atoms with Crippen LogP contribution in [0.4, 0.5) is 0 Å². The van der Waals surface area contributed by atoms with Crippen LogP contribution in [0.25, 0.3) is 0 Å². The third-order valence-electron chi connectivity index (χ3n) is 3.85. The van der Waals surface area contributed by atoms with Gasteiger partial charge < -0.3 is 19.7 Å². The molecule has 0 saturated heterocycles. The number of aromatic hydroxyl groups is 1. The first kappa shape index (κ1) is 19.4. The van der Waals surface area contributed by atoms with E-state index in [-0.39, 0.29) is 5.75 Å². The number of rotatable bonds is 8. The van der Waals surface area contributed by atoms with Crippen LogP contribution in [0.5, 0.6) is 5.75 Å². The molecule has 1 aromatic heterocycles. The first-order valence-electron chi connectivity index (χ1n) is 8.32. The molecular formula is C20H23ClO4. The third-order valence-corrected chi connectivity index (χ3v) is 4.18. The summed E-state index contributed by atoms with van der Waals surface area (Å²) in [5.74, 6) is 0.597. The summed E-state index contributed by atoms with van der Waals surface area (Å²) in [6, 6.07) is 7.99. The maximum absolute atomic E-state index is 10.3. The van der Waals surface area contributed by atoms with Gasteiger partial charge >= 0.3 is 0 Å². The van der Waals surface area contributed by atoms with Crippen LogP contribution in [0.15, 0.2) is 58.4 Å². The number of aliphatic hydroxyl groups excluding tert-OH is 2. The maximum Gasteiger partial charge on any atom is 0.132 e. The molecule has 0 fully saturated rings. The van der Waals surface area contributed by atoms with Crippen molar-refractivity contribution < 1.29 is 19.7 Å². The summed E-state index contributed by atoms with van der Waals surface area (Å²) >= 11 is 6.04. The Hall–Kier alpha value is -1.97. The SMILES string of the molecule is CCCC(=C=CC[C@@H](O)c1ccc(O)cc1Cl)C[C@@H](O)c1ccco1. The topological polar surface area (TPSA) is 73.8 Å². The summed E-state index contributed by atoms with van der Waals surface area (Å²) in [5, 5.41) is 30.1. The van der Waals surface area contributed by atoms with E-state index in [0.717, 1.165) is 18.4 Å². The Morgan fingerprint density at radius 3 is 2.72 bits per heavy atom. The standard InChI is InChI=1S/C20H23ClO4/c1-2-5-14(12-19(24)20-8-4-11-25-20)6-3-7-18(23)16-10-9-15(22)13-17(16)21/h3-4,8-11,13,18-19,22-24H,2,5,7,12H2,1H3/t6?,18-,19-/m1/s1. The van der Waals surface area contributed by atoms with Gasteiger partial charge in [-0.05, 0) is 47.9 Å². The molecule has 3 N–H and O–H groups in total. The zero-order chi connectivity index (χ0) is 18.2. The van der Waals surface area contributed by atoms with E-state index in [4.69, 9.17) is 16.0 Å². The molecular weight excluding hydrogens is 340 g/mol. The molecule has 0 amide bonds. The normalized spacial score (nSPS) is 13.1. The summed E-state index contributed by atoms with van der Waals surface area (Å²) in [4.78, 5) is 0. The van der Waals surface area contributed by atoms with Gasteiger partial charge in [0.2, 0.25) is 0 Å². The predicted molar refractivity (Wildman–Crippen MR) is 97.5 cm³/mol. The van der Waals surface area contributed by atoms with Gasteiger partial charge in [0.1, 0.15) is 17.6 Å². The van der Waals surface area contributed by atoms with E-state index in [1.54, 1.807) is 24.3 Å². The first-order valence-corrected chi connectivity index (χ1v) is 8.70. The minimum absolute atomic E-state index is 0.0635. The second-order valence-electron chi connectivity index (χ2n) is 5.89. The molecule has 0 aliphatic heterocycles. The van der Waals surface area contributed by atoms with Crippen molar-refractivity contribution in [2.75, 3.05) is 0 Å². The van der Waals surface area contributed by atoms with Crippen LogP contribution in [-0.4, -0.2) is 15.3 Å². The van der Waals surface area contributed by atoms with E-state index < -0.39 is 12.2 Å². The van der Waals surface area contributed by atoms with Gasteiger partial charge in [0.15, 0.2) is 0 Å². The molecule has 4 nitrogen and oxygen atoms in total. The van der Waals surface area contributed by atoms with Crippen LogP contribution in [0.1, 0.15) is 56.1 Å². The number of phenols is 1. The first-order chi connectivity index (χ1) is 12.0. The lowest BCUT2D eigenvalue weighted by atomic mass is 10.0. The Bertz CT molecular complexity index is 730. The second kappa shape index (κ2) is 9.50. The summed E-state index contributed by atoms with van der Waals surface area (Å²) in [6.07, 6.45) is 4.34. The fourth-order valence-electron chi connectivity index (χ4n) is 2.58. The minimum Gasteiger partial charge on any atom is -0.508 e. The fraction of sp³-hybridized carbons (Fsp3) is 0.350. The van der Waals surface area contributed by atoms with Crippen molar-refractivity contribution in [3.8, 4) is 5.75 Å². The maximum atomic E-state index is 10.3. The smallest absolute Gasteiger partial charge is 0.132 e. The van der Waals surface area contributed by atoms with Crippen LogP contribution < -0.4 is 0 Å². The lowest BCUT2D eigenvalue weighted by Crippen LogP contribution is -1.98. The molecule has 0 spiro atoms. The Balaban J connectivity index is 2.05. The highest BCUT2D eigenvalue weighted by atomic mass is 35.5. The van der Waals surface area contributed by atoms with Crippen molar-refractivity contribution in [3.63, 3.8) is 0 Å². The van der Waals surface area contributed by atoms with Crippen LogP contribution in [0, 0.1) is 0 Å². The molecule has 2 rings (SSSR count). The van der Waals surface area contributed by atoms with Gasteiger partial charge in [-0.1, -0.05) is 31.0 Å². The van der Waals surface area contributed by atoms with Crippen LogP contribution in [-0.2, 0) is 0 Å². The Kier molecular flexibility index (Phi) is 7.35. The zero-order valence-electron chi connectivity index (χ0n) is 14.2. The van der Waals surface area contributed by atoms with E-state index in [1.165, 1.54) is 18.4 Å². The molecule has 1 aromatic carbocycles. The highest BCUT2D eigenvalue weighted by Gasteiger charge is 2.13. The summed E-state index contributed by atoms with van der Waals surface area (Å²) in [6.45, 7) is 2.06. The molecule has 0 aliphatic rings. The number of aliphatic hydroxyl groups is 2. The molecule has 0 saturated carbocycles. The van der Waals surface area contributed by atoms with Crippen LogP contribution >= 0.6 is 11.6 Å². The number of hydrogen-bond donors (Lipinski definition) is 3. The van der Waals surface area contributed by atoms with Crippen molar-refractivity contribution >= 4 is 11.6 Å². The highest BCUT2D eigenvalue weighted by Crippen LogP contribution is 2.29. The number of hydrogen-bond acceptors (Lipinski definition) is 4. The minimum atomic E-state index is -0.779. The predicted octanol–water partition coefficient (Wildman–Crippen LogP) is 5.07. The van der Waals surface area contributed by atoms with Gasteiger partial charge in [0.25, 0.3) is 0 Å². The van der Waals surface area contributed by atoms with Gasteiger partial charge in [0.05, 0.1) is 17.4 Å². The molecule has 0 radical (unpaired) electrons. The van der Waals surface area contributed by atoms with Crippen molar-refractivity contribution in [2.45, 2.75) is 44.8 Å². The summed E-state index contributed by atoms with van der Waals surface area (Å²) in [5.41, 5.74) is 4.71. The van der Waals surface area contributed by atoms with E-state index in [2.05, 4.69) is 12.7 Å². The van der Waals surface area contributed by atoms with Crippen LogP contribution in [0.3, 0.4) is 0 Å². The fourth-order valence-corrected chi connectivity index (χ4v) is 2.88.